The highest BCUT2D eigenvalue weighted by atomic mass is 32.2. The molecular weight excluding hydrogens is 236 g/mol. The lowest BCUT2D eigenvalue weighted by Gasteiger charge is -2.44. The van der Waals surface area contributed by atoms with Crippen LogP contribution < -0.4 is 5.73 Å². The van der Waals surface area contributed by atoms with Crippen LogP contribution in [0.4, 0.5) is 0 Å². The third kappa shape index (κ3) is 3.20. The Hall–Kier alpha value is -0.130. The molecule has 17 heavy (non-hydrogen) atoms. The molecule has 3 unspecified atom stereocenters. The first-order valence-electron chi connectivity index (χ1n) is 6.71. The molecule has 2 saturated heterocycles. The minimum Gasteiger partial charge on any atom is -0.327 e. The molecule has 100 valence electrons. The molecule has 0 radical (unpaired) electrons. The van der Waals surface area contributed by atoms with E-state index in [0.717, 1.165) is 25.8 Å². The van der Waals surface area contributed by atoms with Gasteiger partial charge >= 0.3 is 0 Å². The highest BCUT2D eigenvalue weighted by Gasteiger charge is 2.35. The normalized spacial score (nSPS) is 36.6. The monoisotopic (exact) mass is 260 g/mol. The Kier molecular flexibility index (Phi) is 4.10. The van der Waals surface area contributed by atoms with Crippen molar-refractivity contribution >= 4 is 9.84 Å². The maximum absolute atomic E-state index is 11.7. The second-order valence-corrected chi connectivity index (χ2v) is 7.80. The molecule has 3 atom stereocenters. The van der Waals surface area contributed by atoms with Gasteiger partial charge in [-0.15, -0.1) is 0 Å². The van der Waals surface area contributed by atoms with Crippen LogP contribution in [0.3, 0.4) is 0 Å². The van der Waals surface area contributed by atoms with Crippen LogP contribution in [0.1, 0.15) is 39.0 Å². The van der Waals surface area contributed by atoms with Crippen molar-refractivity contribution in [1.29, 1.82) is 0 Å². The second kappa shape index (κ2) is 5.24. The number of rotatable bonds is 2. The molecule has 0 aromatic heterocycles. The summed E-state index contributed by atoms with van der Waals surface area (Å²) < 4.78 is 23.4. The second-order valence-electron chi connectivity index (χ2n) is 5.57. The van der Waals surface area contributed by atoms with Crippen LogP contribution in [0.15, 0.2) is 0 Å². The Morgan fingerprint density at radius 1 is 1.24 bits per heavy atom. The van der Waals surface area contributed by atoms with Crippen LogP contribution in [-0.2, 0) is 9.84 Å². The number of sulfone groups is 1. The van der Waals surface area contributed by atoms with Gasteiger partial charge in [0, 0.05) is 18.1 Å². The highest BCUT2D eigenvalue weighted by molar-refractivity contribution is 7.91. The lowest BCUT2D eigenvalue weighted by Crippen LogP contribution is -2.56. The van der Waals surface area contributed by atoms with Crippen molar-refractivity contribution in [1.82, 2.24) is 4.90 Å². The van der Waals surface area contributed by atoms with E-state index < -0.39 is 9.84 Å². The number of likely N-dealkylation sites (tertiary alicyclic amines) is 1. The van der Waals surface area contributed by atoms with Crippen LogP contribution in [-0.4, -0.2) is 49.5 Å². The van der Waals surface area contributed by atoms with Gasteiger partial charge in [-0.05, 0) is 39.2 Å². The Labute approximate surface area is 104 Å². The molecule has 2 aliphatic rings. The summed E-state index contributed by atoms with van der Waals surface area (Å²) in [5.41, 5.74) is 6.04. The molecule has 0 aliphatic carbocycles. The van der Waals surface area contributed by atoms with Crippen molar-refractivity contribution in [2.45, 2.75) is 57.2 Å². The van der Waals surface area contributed by atoms with Gasteiger partial charge in [-0.1, -0.05) is 6.42 Å². The Morgan fingerprint density at radius 2 is 2.00 bits per heavy atom. The van der Waals surface area contributed by atoms with Crippen LogP contribution in [0.25, 0.3) is 0 Å². The number of nitrogens with zero attached hydrogens (tertiary/aromatic N) is 1. The summed E-state index contributed by atoms with van der Waals surface area (Å²) in [4.78, 5) is 2.38. The standard InChI is InChI=1S/C12H24N2O2S/c1-10(13)12-6-2-3-7-14(12)11-5-4-8-17(15,16)9-11/h10-12H,2-9,13H2,1H3. The molecule has 0 amide bonds. The quantitative estimate of drug-likeness (QED) is 0.796. The zero-order valence-corrected chi connectivity index (χ0v) is 11.5. The fourth-order valence-electron chi connectivity index (χ4n) is 3.26. The smallest absolute Gasteiger partial charge is 0.151 e. The maximum atomic E-state index is 11.7. The van der Waals surface area contributed by atoms with Crippen molar-refractivity contribution < 1.29 is 8.42 Å². The fourth-order valence-corrected chi connectivity index (χ4v) is 4.98. The van der Waals surface area contributed by atoms with Crippen LogP contribution in [0.2, 0.25) is 0 Å². The Balaban J connectivity index is 2.08. The molecule has 0 aromatic carbocycles. The van der Waals surface area contributed by atoms with E-state index in [1.807, 2.05) is 6.92 Å². The summed E-state index contributed by atoms with van der Waals surface area (Å²) in [6.07, 6.45) is 5.35. The van der Waals surface area contributed by atoms with Crippen LogP contribution >= 0.6 is 0 Å². The van der Waals surface area contributed by atoms with Crippen molar-refractivity contribution in [2.24, 2.45) is 5.73 Å². The van der Waals surface area contributed by atoms with Crippen LogP contribution in [0, 0.1) is 0 Å². The molecule has 4 nitrogen and oxygen atoms in total. The lowest BCUT2D eigenvalue weighted by atomic mass is 9.94. The van der Waals surface area contributed by atoms with Crippen molar-refractivity contribution in [2.75, 3.05) is 18.1 Å². The highest BCUT2D eigenvalue weighted by Crippen LogP contribution is 2.26. The van der Waals surface area contributed by atoms with Gasteiger partial charge in [-0.2, -0.15) is 0 Å². The van der Waals surface area contributed by atoms with Crippen molar-refractivity contribution in [3.63, 3.8) is 0 Å². The predicted octanol–water partition coefficient (Wildman–Crippen LogP) is 0.765. The van der Waals surface area contributed by atoms with E-state index in [9.17, 15) is 8.42 Å². The van der Waals surface area contributed by atoms with Gasteiger partial charge in [-0.25, -0.2) is 8.42 Å². The zero-order chi connectivity index (χ0) is 12.5. The molecule has 2 N–H and O–H groups in total. The molecular formula is C12H24N2O2S. The molecule has 2 fully saturated rings. The van der Waals surface area contributed by atoms with Gasteiger partial charge in [0.1, 0.15) is 0 Å². The molecule has 5 heteroatoms. The van der Waals surface area contributed by atoms with Gasteiger partial charge in [0.15, 0.2) is 9.84 Å². The van der Waals surface area contributed by atoms with E-state index in [1.165, 1.54) is 12.8 Å². The molecule has 0 bridgehead atoms. The topological polar surface area (TPSA) is 63.4 Å². The van der Waals surface area contributed by atoms with Gasteiger partial charge in [-0.3, -0.25) is 4.90 Å². The first kappa shape index (κ1) is 13.3. The van der Waals surface area contributed by atoms with Gasteiger partial charge in [0.25, 0.3) is 0 Å². The number of nitrogens with two attached hydrogens (primary N) is 1. The molecule has 0 spiro atoms. The number of hydrogen-bond donors (Lipinski definition) is 1. The first-order chi connectivity index (χ1) is 7.99. The molecule has 2 rings (SSSR count). The minimum atomic E-state index is -2.81. The predicted molar refractivity (Wildman–Crippen MR) is 69.7 cm³/mol. The summed E-state index contributed by atoms with van der Waals surface area (Å²) in [5, 5.41) is 0. The molecule has 0 aromatic rings. The summed E-state index contributed by atoms with van der Waals surface area (Å²) in [6.45, 7) is 3.06. The van der Waals surface area contributed by atoms with E-state index in [1.54, 1.807) is 0 Å². The van der Waals surface area contributed by atoms with E-state index in [0.29, 0.717) is 17.5 Å². The number of piperidine rings is 1. The summed E-state index contributed by atoms with van der Waals surface area (Å²) in [6, 6.07) is 0.729. The zero-order valence-electron chi connectivity index (χ0n) is 10.6. The van der Waals surface area contributed by atoms with E-state index in [-0.39, 0.29) is 12.1 Å². The van der Waals surface area contributed by atoms with E-state index in [4.69, 9.17) is 5.73 Å². The molecule has 0 saturated carbocycles. The summed E-state index contributed by atoms with van der Waals surface area (Å²) in [7, 11) is -2.81. The van der Waals surface area contributed by atoms with E-state index >= 15 is 0 Å². The largest absolute Gasteiger partial charge is 0.327 e. The Bertz CT molecular complexity index is 354. The third-order valence-electron chi connectivity index (χ3n) is 4.11. The SMILES string of the molecule is CC(N)C1CCCCN1C1CCCS(=O)(=O)C1. The average Bonchev–Trinajstić information content (AvgIpc) is 2.27. The lowest BCUT2D eigenvalue weighted by molar-refractivity contribution is 0.0842. The van der Waals surface area contributed by atoms with Crippen LogP contribution in [0.5, 0.6) is 0 Å². The van der Waals surface area contributed by atoms with Gasteiger partial charge < -0.3 is 5.73 Å². The van der Waals surface area contributed by atoms with Crippen molar-refractivity contribution in [3.05, 3.63) is 0 Å². The third-order valence-corrected chi connectivity index (χ3v) is 5.91. The number of hydrogen-bond acceptors (Lipinski definition) is 4. The maximum Gasteiger partial charge on any atom is 0.151 e. The Morgan fingerprint density at radius 3 is 2.65 bits per heavy atom. The van der Waals surface area contributed by atoms with E-state index in [2.05, 4.69) is 4.90 Å². The molecule has 2 heterocycles. The average molecular weight is 260 g/mol. The van der Waals surface area contributed by atoms with Gasteiger partial charge in [0.05, 0.1) is 11.5 Å². The molecule has 2 aliphatic heterocycles. The summed E-state index contributed by atoms with van der Waals surface area (Å²) >= 11 is 0. The minimum absolute atomic E-state index is 0.139. The fraction of sp³-hybridized carbons (Fsp3) is 1.00. The van der Waals surface area contributed by atoms with Gasteiger partial charge in [0.2, 0.25) is 0 Å². The van der Waals surface area contributed by atoms with Crippen molar-refractivity contribution in [3.8, 4) is 0 Å². The summed E-state index contributed by atoms with van der Waals surface area (Å²) in [5.74, 6) is 0.719. The first-order valence-corrected chi connectivity index (χ1v) is 8.53.